The maximum Gasteiger partial charge on any atom is 0.133 e. The zero-order valence-corrected chi connectivity index (χ0v) is 15.3. The summed E-state index contributed by atoms with van der Waals surface area (Å²) in [6.07, 6.45) is 1.79. The number of benzene rings is 1. The van der Waals surface area contributed by atoms with Gasteiger partial charge >= 0.3 is 0 Å². The summed E-state index contributed by atoms with van der Waals surface area (Å²) in [6.45, 7) is 6.16. The monoisotopic (exact) mass is 352 g/mol. The van der Waals surface area contributed by atoms with Crippen LogP contribution in [0.4, 0.5) is 5.82 Å². The van der Waals surface area contributed by atoms with E-state index in [9.17, 15) is 0 Å². The van der Waals surface area contributed by atoms with Gasteiger partial charge in [-0.15, -0.1) is 0 Å². The highest BCUT2D eigenvalue weighted by Crippen LogP contribution is 2.27. The second-order valence-electron chi connectivity index (χ2n) is 6.29. The quantitative estimate of drug-likeness (QED) is 0.689. The van der Waals surface area contributed by atoms with Crippen LogP contribution in [0.2, 0.25) is 5.02 Å². The van der Waals surface area contributed by atoms with E-state index in [1.807, 2.05) is 55.5 Å². The summed E-state index contributed by atoms with van der Waals surface area (Å²) in [6, 6.07) is 15.5. The van der Waals surface area contributed by atoms with Crippen molar-refractivity contribution in [2.24, 2.45) is 0 Å². The minimum absolute atomic E-state index is 0.144. The van der Waals surface area contributed by atoms with E-state index in [4.69, 9.17) is 11.6 Å². The number of hydrogen-bond acceptors (Lipinski definition) is 4. The Balaban J connectivity index is 2.01. The Kier molecular flexibility index (Phi) is 5.29. The number of aromatic nitrogens is 3. The molecule has 3 aromatic rings. The van der Waals surface area contributed by atoms with Crippen LogP contribution in [0.15, 0.2) is 54.7 Å². The molecular weight excluding hydrogens is 332 g/mol. The second-order valence-corrected chi connectivity index (χ2v) is 6.73. The molecule has 1 aromatic carbocycles. The first kappa shape index (κ1) is 17.4. The topological polar surface area (TPSA) is 50.7 Å². The molecular formula is C20H21ClN4. The van der Waals surface area contributed by atoms with Gasteiger partial charge < -0.3 is 5.32 Å². The lowest BCUT2D eigenvalue weighted by molar-refractivity contribution is 0.762. The van der Waals surface area contributed by atoms with E-state index in [-0.39, 0.29) is 12.0 Å². The van der Waals surface area contributed by atoms with Crippen molar-refractivity contribution >= 4 is 17.4 Å². The first-order valence-corrected chi connectivity index (χ1v) is 8.69. The molecule has 2 aromatic heterocycles. The van der Waals surface area contributed by atoms with Gasteiger partial charge in [0.2, 0.25) is 0 Å². The highest BCUT2D eigenvalue weighted by molar-refractivity contribution is 6.30. The van der Waals surface area contributed by atoms with Gasteiger partial charge in [-0.3, -0.25) is 4.98 Å². The molecule has 0 amide bonds. The van der Waals surface area contributed by atoms with Crippen molar-refractivity contribution in [3.8, 4) is 0 Å². The smallest absolute Gasteiger partial charge is 0.133 e. The number of rotatable bonds is 5. The van der Waals surface area contributed by atoms with Crippen LogP contribution in [0.5, 0.6) is 0 Å². The zero-order valence-electron chi connectivity index (χ0n) is 14.6. The van der Waals surface area contributed by atoms with E-state index in [1.54, 1.807) is 6.20 Å². The van der Waals surface area contributed by atoms with E-state index < -0.39 is 0 Å². The summed E-state index contributed by atoms with van der Waals surface area (Å²) in [4.78, 5) is 13.7. The van der Waals surface area contributed by atoms with Crippen molar-refractivity contribution in [3.63, 3.8) is 0 Å². The highest BCUT2D eigenvalue weighted by atomic mass is 35.5. The van der Waals surface area contributed by atoms with Gasteiger partial charge in [0.05, 0.1) is 11.7 Å². The molecule has 0 aliphatic carbocycles. The minimum atomic E-state index is -0.144. The molecule has 0 saturated heterocycles. The molecule has 4 nitrogen and oxygen atoms in total. The molecule has 2 heterocycles. The SMILES string of the molecule is Cc1cc(NC(c2cccc(Cl)c2)c2ccccn2)nc(C(C)C)n1. The molecule has 3 rings (SSSR count). The zero-order chi connectivity index (χ0) is 17.8. The van der Waals surface area contributed by atoms with Gasteiger partial charge in [-0.2, -0.15) is 0 Å². The molecule has 0 radical (unpaired) electrons. The Bertz CT molecular complexity index is 849. The van der Waals surface area contributed by atoms with E-state index in [2.05, 4.69) is 34.1 Å². The van der Waals surface area contributed by atoms with Crippen LogP contribution in [0.25, 0.3) is 0 Å². The first-order chi connectivity index (χ1) is 12.0. The molecule has 5 heteroatoms. The van der Waals surface area contributed by atoms with Crippen LogP contribution in [0.3, 0.4) is 0 Å². The summed E-state index contributed by atoms with van der Waals surface area (Å²) in [5.74, 6) is 1.88. The number of halogens is 1. The van der Waals surface area contributed by atoms with Crippen LogP contribution in [-0.4, -0.2) is 15.0 Å². The number of pyridine rings is 1. The molecule has 0 bridgehead atoms. The Hall–Kier alpha value is -2.46. The molecule has 1 N–H and O–H groups in total. The largest absolute Gasteiger partial charge is 0.357 e. The van der Waals surface area contributed by atoms with E-state index >= 15 is 0 Å². The molecule has 0 spiro atoms. The molecule has 1 unspecified atom stereocenters. The van der Waals surface area contributed by atoms with Gasteiger partial charge in [0.25, 0.3) is 0 Å². The van der Waals surface area contributed by atoms with Gasteiger partial charge in [0.15, 0.2) is 0 Å². The average Bonchev–Trinajstić information content (AvgIpc) is 2.60. The lowest BCUT2D eigenvalue weighted by Gasteiger charge is -2.20. The third kappa shape index (κ3) is 4.34. The molecule has 0 fully saturated rings. The molecule has 0 aliphatic rings. The van der Waals surface area contributed by atoms with Crippen LogP contribution in [0, 0.1) is 6.92 Å². The maximum atomic E-state index is 6.20. The third-order valence-corrected chi connectivity index (χ3v) is 4.08. The predicted octanol–water partition coefficient (Wildman–Crippen LogP) is 5.16. The molecule has 0 saturated carbocycles. The fourth-order valence-electron chi connectivity index (χ4n) is 2.63. The number of hydrogen-bond donors (Lipinski definition) is 1. The van der Waals surface area contributed by atoms with Crippen molar-refractivity contribution < 1.29 is 0 Å². The van der Waals surface area contributed by atoms with Crippen molar-refractivity contribution in [1.29, 1.82) is 0 Å². The van der Waals surface area contributed by atoms with Crippen molar-refractivity contribution in [3.05, 3.63) is 82.5 Å². The van der Waals surface area contributed by atoms with Crippen molar-refractivity contribution in [2.45, 2.75) is 32.7 Å². The lowest BCUT2D eigenvalue weighted by atomic mass is 10.0. The lowest BCUT2D eigenvalue weighted by Crippen LogP contribution is -2.16. The van der Waals surface area contributed by atoms with Gasteiger partial charge in [-0.1, -0.05) is 43.6 Å². The molecule has 25 heavy (non-hydrogen) atoms. The standard InChI is InChI=1S/C20H21ClN4/c1-13(2)20-23-14(3)11-18(25-20)24-19(17-9-4-5-10-22-17)15-7-6-8-16(21)12-15/h4-13,19H,1-3H3,(H,23,24,25). The van der Waals surface area contributed by atoms with E-state index in [0.29, 0.717) is 5.02 Å². The number of nitrogens with one attached hydrogen (secondary N) is 1. The van der Waals surface area contributed by atoms with Gasteiger partial charge in [-0.05, 0) is 36.8 Å². The van der Waals surface area contributed by atoms with Crippen LogP contribution in [0.1, 0.15) is 48.6 Å². The Morgan fingerprint density at radius 3 is 2.52 bits per heavy atom. The predicted molar refractivity (Wildman–Crippen MR) is 102 cm³/mol. The molecule has 128 valence electrons. The van der Waals surface area contributed by atoms with Crippen molar-refractivity contribution in [2.75, 3.05) is 5.32 Å². The summed E-state index contributed by atoms with van der Waals surface area (Å²) >= 11 is 6.20. The number of aryl methyl sites for hydroxylation is 1. The van der Waals surface area contributed by atoms with Crippen molar-refractivity contribution in [1.82, 2.24) is 15.0 Å². The third-order valence-electron chi connectivity index (χ3n) is 3.85. The number of nitrogens with zero attached hydrogens (tertiary/aromatic N) is 3. The van der Waals surface area contributed by atoms with Crippen LogP contribution < -0.4 is 5.32 Å². The van der Waals surface area contributed by atoms with Gasteiger partial charge in [0.1, 0.15) is 11.6 Å². The summed E-state index contributed by atoms with van der Waals surface area (Å²) < 4.78 is 0. The minimum Gasteiger partial charge on any atom is -0.357 e. The average molecular weight is 353 g/mol. The van der Waals surface area contributed by atoms with E-state index in [1.165, 1.54) is 0 Å². The summed E-state index contributed by atoms with van der Waals surface area (Å²) in [7, 11) is 0. The Labute approximate surface area is 153 Å². The molecule has 1 atom stereocenters. The second kappa shape index (κ2) is 7.62. The van der Waals surface area contributed by atoms with Crippen LogP contribution >= 0.6 is 11.6 Å². The molecule has 0 aliphatic heterocycles. The van der Waals surface area contributed by atoms with Gasteiger partial charge in [-0.25, -0.2) is 9.97 Å². The summed E-state index contributed by atoms with van der Waals surface area (Å²) in [5.41, 5.74) is 2.88. The summed E-state index contributed by atoms with van der Waals surface area (Å²) in [5, 5.41) is 4.20. The first-order valence-electron chi connectivity index (χ1n) is 8.31. The highest BCUT2D eigenvalue weighted by Gasteiger charge is 2.17. The fourth-order valence-corrected chi connectivity index (χ4v) is 2.83. The maximum absolute atomic E-state index is 6.20. The normalized spacial score (nSPS) is 12.2. The van der Waals surface area contributed by atoms with Crippen LogP contribution in [-0.2, 0) is 0 Å². The van der Waals surface area contributed by atoms with Gasteiger partial charge in [0, 0.05) is 28.9 Å². The number of anilines is 1. The Morgan fingerprint density at radius 1 is 1.00 bits per heavy atom. The fraction of sp³-hybridized carbons (Fsp3) is 0.250. The Morgan fingerprint density at radius 2 is 1.84 bits per heavy atom. The van der Waals surface area contributed by atoms with E-state index in [0.717, 1.165) is 28.6 Å².